The molecule has 0 radical (unpaired) electrons. The fourth-order valence-corrected chi connectivity index (χ4v) is 3.33. The van der Waals surface area contributed by atoms with E-state index < -0.39 is 15.8 Å². The van der Waals surface area contributed by atoms with Crippen molar-refractivity contribution in [2.45, 2.75) is 6.42 Å². The number of hydrogen-bond donors (Lipinski definition) is 1. The van der Waals surface area contributed by atoms with Crippen molar-refractivity contribution in [2.75, 3.05) is 23.7 Å². The molecule has 0 saturated carbocycles. The van der Waals surface area contributed by atoms with E-state index in [2.05, 4.69) is 5.32 Å². The molecule has 26 heavy (non-hydrogen) atoms. The molecular formula is C18H18FN3O3S. The Morgan fingerprint density at radius 1 is 1.23 bits per heavy atom. The minimum absolute atomic E-state index is 0.000548. The van der Waals surface area contributed by atoms with Crippen molar-refractivity contribution in [1.82, 2.24) is 5.32 Å². The molecule has 2 rings (SSSR count). The summed E-state index contributed by atoms with van der Waals surface area (Å²) in [6, 6.07) is 13.9. The van der Waals surface area contributed by atoms with Crippen LogP contribution in [-0.2, 0) is 21.2 Å². The van der Waals surface area contributed by atoms with Gasteiger partial charge in [-0.2, -0.15) is 5.26 Å². The normalized spacial score (nSPS) is 10.8. The lowest BCUT2D eigenvalue weighted by Gasteiger charge is -2.22. The van der Waals surface area contributed by atoms with Gasteiger partial charge in [-0.25, -0.2) is 12.8 Å². The van der Waals surface area contributed by atoms with Crippen molar-refractivity contribution < 1.29 is 17.6 Å². The van der Waals surface area contributed by atoms with Gasteiger partial charge in [0.05, 0.1) is 36.5 Å². The highest BCUT2D eigenvalue weighted by Crippen LogP contribution is 2.18. The lowest BCUT2D eigenvalue weighted by molar-refractivity contribution is -0.120. The Bertz CT molecular complexity index is 939. The van der Waals surface area contributed by atoms with Crippen molar-refractivity contribution >= 4 is 21.6 Å². The molecular weight excluding hydrogens is 357 g/mol. The average molecular weight is 375 g/mol. The third-order valence-electron chi connectivity index (χ3n) is 3.55. The third-order valence-corrected chi connectivity index (χ3v) is 4.75. The van der Waals surface area contributed by atoms with Crippen LogP contribution in [0.15, 0.2) is 48.5 Å². The molecule has 0 unspecified atom stereocenters. The molecule has 0 fully saturated rings. The molecule has 2 aromatic rings. The summed E-state index contributed by atoms with van der Waals surface area (Å²) in [6.45, 7) is 0.0978. The molecule has 0 aliphatic carbocycles. The number of benzene rings is 2. The third kappa shape index (κ3) is 5.57. The summed E-state index contributed by atoms with van der Waals surface area (Å²) in [5.41, 5.74) is 1.22. The van der Waals surface area contributed by atoms with Crippen LogP contribution in [0.4, 0.5) is 10.1 Å². The zero-order chi connectivity index (χ0) is 19.2. The van der Waals surface area contributed by atoms with Gasteiger partial charge < -0.3 is 5.32 Å². The predicted octanol–water partition coefficient (Wildman–Crippen LogP) is 1.82. The van der Waals surface area contributed by atoms with Gasteiger partial charge in [-0.3, -0.25) is 9.10 Å². The van der Waals surface area contributed by atoms with Gasteiger partial charge in [0.15, 0.2) is 0 Å². The van der Waals surface area contributed by atoms with Gasteiger partial charge in [-0.1, -0.05) is 18.2 Å². The zero-order valence-corrected chi connectivity index (χ0v) is 15.0. The van der Waals surface area contributed by atoms with E-state index in [1.54, 1.807) is 24.3 Å². The molecule has 0 atom stereocenters. The van der Waals surface area contributed by atoms with Crippen LogP contribution >= 0.6 is 0 Å². The first kappa shape index (κ1) is 19.4. The summed E-state index contributed by atoms with van der Waals surface area (Å²) in [5.74, 6) is -0.759. The SMILES string of the molecule is CS(=O)(=O)N(CCNC(=O)Cc1cccc(F)c1)c1cccc(C#N)c1. The molecule has 0 saturated heterocycles. The standard InChI is InChI=1S/C18H18FN3O3S/c1-26(24,25)22(17-7-3-5-15(11-17)13-20)9-8-21-18(23)12-14-4-2-6-16(19)10-14/h2-7,10-11H,8-9,12H2,1H3,(H,21,23). The van der Waals surface area contributed by atoms with Crippen molar-refractivity contribution in [3.8, 4) is 6.07 Å². The number of nitrogens with one attached hydrogen (secondary N) is 1. The van der Waals surface area contributed by atoms with E-state index in [0.29, 0.717) is 16.8 Å². The second-order valence-electron chi connectivity index (χ2n) is 5.65. The minimum atomic E-state index is -3.58. The number of carbonyl (C=O) groups excluding carboxylic acids is 1. The summed E-state index contributed by atoms with van der Waals surface area (Å²) in [7, 11) is -3.58. The number of nitrogens with zero attached hydrogens (tertiary/aromatic N) is 2. The zero-order valence-electron chi connectivity index (χ0n) is 14.1. The molecule has 0 aromatic heterocycles. The number of anilines is 1. The van der Waals surface area contributed by atoms with E-state index in [9.17, 15) is 17.6 Å². The second-order valence-corrected chi connectivity index (χ2v) is 7.56. The molecule has 2 aromatic carbocycles. The Labute approximate surface area is 151 Å². The van der Waals surface area contributed by atoms with Crippen LogP contribution < -0.4 is 9.62 Å². The molecule has 136 valence electrons. The van der Waals surface area contributed by atoms with Gasteiger partial charge >= 0.3 is 0 Å². The van der Waals surface area contributed by atoms with Crippen molar-refractivity contribution in [1.29, 1.82) is 5.26 Å². The smallest absolute Gasteiger partial charge is 0.232 e. The molecule has 0 aliphatic rings. The van der Waals surface area contributed by atoms with E-state index >= 15 is 0 Å². The minimum Gasteiger partial charge on any atom is -0.354 e. The lowest BCUT2D eigenvalue weighted by atomic mass is 10.1. The summed E-state index contributed by atoms with van der Waals surface area (Å²) in [5, 5.41) is 11.6. The molecule has 0 heterocycles. The first-order chi connectivity index (χ1) is 12.3. The van der Waals surface area contributed by atoms with Crippen LogP contribution in [0, 0.1) is 17.1 Å². The molecule has 6 nitrogen and oxygen atoms in total. The predicted molar refractivity (Wildman–Crippen MR) is 96.5 cm³/mol. The van der Waals surface area contributed by atoms with Gasteiger partial charge in [-0.05, 0) is 35.9 Å². The number of carbonyl (C=O) groups is 1. The van der Waals surface area contributed by atoms with Crippen LogP contribution in [0.5, 0.6) is 0 Å². The molecule has 0 aliphatic heterocycles. The van der Waals surface area contributed by atoms with Crippen LogP contribution in [0.25, 0.3) is 0 Å². The molecule has 0 spiro atoms. The Kier molecular flexibility index (Phi) is 6.31. The maximum atomic E-state index is 13.1. The molecule has 0 bridgehead atoms. The highest BCUT2D eigenvalue weighted by molar-refractivity contribution is 7.92. The lowest BCUT2D eigenvalue weighted by Crippen LogP contribution is -2.38. The quantitative estimate of drug-likeness (QED) is 0.799. The van der Waals surface area contributed by atoms with Crippen LogP contribution in [0.3, 0.4) is 0 Å². The number of halogens is 1. The highest BCUT2D eigenvalue weighted by atomic mass is 32.2. The largest absolute Gasteiger partial charge is 0.354 e. The summed E-state index contributed by atoms with van der Waals surface area (Å²) in [6.07, 6.45) is 1.06. The second kappa shape index (κ2) is 8.45. The van der Waals surface area contributed by atoms with Gasteiger partial charge in [0.25, 0.3) is 0 Å². The van der Waals surface area contributed by atoms with E-state index in [1.807, 2.05) is 6.07 Å². The maximum Gasteiger partial charge on any atom is 0.232 e. The van der Waals surface area contributed by atoms with Crippen LogP contribution in [0.1, 0.15) is 11.1 Å². The molecule has 1 amide bonds. The molecule has 8 heteroatoms. The van der Waals surface area contributed by atoms with Crippen molar-refractivity contribution in [3.05, 3.63) is 65.5 Å². The van der Waals surface area contributed by atoms with Gasteiger partial charge in [0.2, 0.25) is 15.9 Å². The Hall–Kier alpha value is -2.92. The van der Waals surface area contributed by atoms with Crippen LogP contribution in [0.2, 0.25) is 0 Å². The summed E-state index contributed by atoms with van der Waals surface area (Å²) < 4.78 is 38.3. The first-order valence-electron chi connectivity index (χ1n) is 7.78. The summed E-state index contributed by atoms with van der Waals surface area (Å²) in [4.78, 5) is 11.9. The van der Waals surface area contributed by atoms with Gasteiger partial charge in [0, 0.05) is 6.54 Å². The topological polar surface area (TPSA) is 90.3 Å². The van der Waals surface area contributed by atoms with Gasteiger partial charge in [-0.15, -0.1) is 0 Å². The number of nitriles is 1. The van der Waals surface area contributed by atoms with E-state index in [-0.39, 0.29) is 25.4 Å². The van der Waals surface area contributed by atoms with Crippen molar-refractivity contribution in [2.24, 2.45) is 0 Å². The molecule has 1 N–H and O–H groups in total. The number of amides is 1. The van der Waals surface area contributed by atoms with E-state index in [4.69, 9.17) is 5.26 Å². The van der Waals surface area contributed by atoms with E-state index in [0.717, 1.165) is 10.6 Å². The summed E-state index contributed by atoms with van der Waals surface area (Å²) >= 11 is 0. The Balaban J connectivity index is 1.99. The Morgan fingerprint density at radius 3 is 2.62 bits per heavy atom. The fourth-order valence-electron chi connectivity index (χ4n) is 2.41. The Morgan fingerprint density at radius 2 is 1.96 bits per heavy atom. The fraction of sp³-hybridized carbons (Fsp3) is 0.222. The maximum absolute atomic E-state index is 13.1. The highest BCUT2D eigenvalue weighted by Gasteiger charge is 2.17. The number of hydrogen-bond acceptors (Lipinski definition) is 4. The van der Waals surface area contributed by atoms with Crippen LogP contribution in [-0.4, -0.2) is 33.7 Å². The number of rotatable bonds is 7. The van der Waals surface area contributed by atoms with Gasteiger partial charge in [0.1, 0.15) is 5.82 Å². The average Bonchev–Trinajstić information content (AvgIpc) is 2.57. The van der Waals surface area contributed by atoms with Crippen molar-refractivity contribution in [3.63, 3.8) is 0 Å². The monoisotopic (exact) mass is 375 g/mol. The first-order valence-corrected chi connectivity index (χ1v) is 9.63. The van der Waals surface area contributed by atoms with E-state index in [1.165, 1.54) is 24.3 Å². The number of sulfonamides is 1.